The number of sulfonamides is 1. The van der Waals surface area contributed by atoms with Gasteiger partial charge in [0.2, 0.25) is 12.7 Å². The number of rotatable bonds is 7. The van der Waals surface area contributed by atoms with Gasteiger partial charge in [-0.3, -0.25) is 4.79 Å². The smallest absolute Gasteiger partial charge is 0.274 e. The van der Waals surface area contributed by atoms with Gasteiger partial charge in [-0.1, -0.05) is 18.2 Å². The van der Waals surface area contributed by atoms with Crippen molar-refractivity contribution in [3.63, 3.8) is 0 Å². The summed E-state index contributed by atoms with van der Waals surface area (Å²) in [4.78, 5) is 13.1. The number of carbonyl (C=O) groups excluding carboxylic acids is 1. The number of carbonyl (C=O) groups is 1. The summed E-state index contributed by atoms with van der Waals surface area (Å²) in [7, 11) is -2.57. The molecule has 8 nitrogen and oxygen atoms in total. The van der Waals surface area contributed by atoms with Crippen LogP contribution in [0.25, 0.3) is 0 Å². The Morgan fingerprint density at radius 1 is 1.13 bits per heavy atom. The molecule has 2 aromatic carbocycles. The fourth-order valence-corrected chi connectivity index (χ4v) is 5.90. The van der Waals surface area contributed by atoms with E-state index in [1.165, 1.54) is 20.1 Å². The van der Waals surface area contributed by atoms with Crippen LogP contribution in [0.2, 0.25) is 0 Å². The maximum atomic E-state index is 13.5. The van der Waals surface area contributed by atoms with Crippen molar-refractivity contribution < 1.29 is 27.4 Å². The topological polar surface area (TPSA) is 94.2 Å². The van der Waals surface area contributed by atoms with Crippen LogP contribution in [0.1, 0.15) is 6.92 Å². The van der Waals surface area contributed by atoms with Gasteiger partial charge in [-0.05, 0) is 42.6 Å². The highest BCUT2D eigenvalue weighted by atomic mass is 32.2. The molecule has 2 heterocycles. The molecule has 31 heavy (non-hydrogen) atoms. The Morgan fingerprint density at radius 3 is 2.65 bits per heavy atom. The molecule has 162 valence electrons. The van der Waals surface area contributed by atoms with Gasteiger partial charge in [-0.15, -0.1) is 11.3 Å². The number of hydrogen-bond acceptors (Lipinski definition) is 7. The summed E-state index contributed by atoms with van der Waals surface area (Å²) in [5.74, 6) is 0.926. The lowest BCUT2D eigenvalue weighted by molar-refractivity contribution is -0.116. The van der Waals surface area contributed by atoms with Crippen LogP contribution in [-0.4, -0.2) is 34.3 Å². The third kappa shape index (κ3) is 4.04. The van der Waals surface area contributed by atoms with Crippen LogP contribution in [0.4, 0.5) is 11.4 Å². The molecule has 1 aliphatic heterocycles. The molecule has 0 aliphatic carbocycles. The molecule has 0 radical (unpaired) electrons. The van der Waals surface area contributed by atoms with E-state index in [-0.39, 0.29) is 16.7 Å². The summed E-state index contributed by atoms with van der Waals surface area (Å²) < 4.78 is 44.2. The van der Waals surface area contributed by atoms with E-state index in [2.05, 4.69) is 5.32 Å². The second-order valence-corrected chi connectivity index (χ2v) is 9.63. The number of thiophene rings is 1. The quantitative estimate of drug-likeness (QED) is 0.578. The Morgan fingerprint density at radius 2 is 1.90 bits per heavy atom. The first-order valence-electron chi connectivity index (χ1n) is 9.33. The van der Waals surface area contributed by atoms with Gasteiger partial charge in [0.05, 0.1) is 12.8 Å². The number of benzene rings is 2. The molecule has 0 spiro atoms. The van der Waals surface area contributed by atoms with Crippen molar-refractivity contribution in [2.45, 2.75) is 17.2 Å². The zero-order chi connectivity index (χ0) is 22.0. The zero-order valence-electron chi connectivity index (χ0n) is 16.8. The number of para-hydroxylation sites is 2. The molecule has 1 aromatic heterocycles. The Balaban J connectivity index is 1.70. The largest absolute Gasteiger partial charge is 0.495 e. The van der Waals surface area contributed by atoms with Gasteiger partial charge >= 0.3 is 0 Å². The molecular formula is C21H20N2O6S2. The average molecular weight is 461 g/mol. The van der Waals surface area contributed by atoms with Crippen molar-refractivity contribution in [2.24, 2.45) is 0 Å². The highest BCUT2D eigenvalue weighted by Crippen LogP contribution is 2.36. The van der Waals surface area contributed by atoms with Crippen LogP contribution in [-0.2, 0) is 14.8 Å². The van der Waals surface area contributed by atoms with Gasteiger partial charge in [0.25, 0.3) is 10.0 Å². The minimum Gasteiger partial charge on any atom is -0.495 e. The van der Waals surface area contributed by atoms with Gasteiger partial charge in [-0.2, -0.15) is 0 Å². The number of anilines is 2. The van der Waals surface area contributed by atoms with Gasteiger partial charge in [0.1, 0.15) is 16.0 Å². The molecule has 10 heteroatoms. The molecular weight excluding hydrogens is 440 g/mol. The molecule has 0 saturated heterocycles. The number of nitrogens with zero attached hydrogens (tertiary/aromatic N) is 1. The zero-order valence-corrected chi connectivity index (χ0v) is 18.4. The fourth-order valence-electron chi connectivity index (χ4n) is 3.19. The first-order chi connectivity index (χ1) is 14.9. The Labute approximate surface area is 184 Å². The van der Waals surface area contributed by atoms with Gasteiger partial charge in [-0.25, -0.2) is 12.7 Å². The van der Waals surface area contributed by atoms with Crippen LogP contribution in [0.15, 0.2) is 64.2 Å². The summed E-state index contributed by atoms with van der Waals surface area (Å²) in [5.41, 5.74) is 0.737. The van der Waals surface area contributed by atoms with Gasteiger partial charge < -0.3 is 19.5 Å². The maximum absolute atomic E-state index is 13.5. The van der Waals surface area contributed by atoms with E-state index in [1.54, 1.807) is 53.9 Å². The van der Waals surface area contributed by atoms with Crippen LogP contribution in [0, 0.1) is 0 Å². The van der Waals surface area contributed by atoms with Crippen molar-refractivity contribution in [3.8, 4) is 17.2 Å². The van der Waals surface area contributed by atoms with Crippen LogP contribution >= 0.6 is 11.3 Å². The Hall–Kier alpha value is -3.24. The maximum Gasteiger partial charge on any atom is 0.274 e. The number of nitrogens with one attached hydrogen (secondary N) is 1. The normalized spacial score (nSPS) is 13.5. The minimum absolute atomic E-state index is 0.115. The number of ether oxygens (including phenoxy) is 3. The number of hydrogen-bond donors (Lipinski definition) is 1. The van der Waals surface area contributed by atoms with Gasteiger partial charge in [0, 0.05) is 11.8 Å². The second-order valence-electron chi connectivity index (χ2n) is 6.64. The summed E-state index contributed by atoms with van der Waals surface area (Å²) in [6, 6.07) is 13.7. The summed E-state index contributed by atoms with van der Waals surface area (Å²) in [5, 5.41) is 4.43. The molecule has 0 fully saturated rings. The molecule has 1 atom stereocenters. The Bertz CT molecular complexity index is 1190. The van der Waals surface area contributed by atoms with E-state index < -0.39 is 22.0 Å². The van der Waals surface area contributed by atoms with Crippen molar-refractivity contribution in [2.75, 3.05) is 23.5 Å². The summed E-state index contributed by atoms with van der Waals surface area (Å²) in [6.07, 6.45) is 0. The Kier molecular flexibility index (Phi) is 5.75. The van der Waals surface area contributed by atoms with E-state index >= 15 is 0 Å². The standard InChI is InChI=1S/C21H20N2O6S2/c1-14(21(24)22-15-9-10-18-19(12-15)29-13-28-18)23(16-6-3-4-7-17(16)27-2)31(25,26)20-8-5-11-30-20/h3-12,14H,13H2,1-2H3,(H,22,24)/t14-/m0/s1. The first kappa shape index (κ1) is 21.0. The monoisotopic (exact) mass is 460 g/mol. The lowest BCUT2D eigenvalue weighted by atomic mass is 10.2. The van der Waals surface area contributed by atoms with Crippen molar-refractivity contribution >= 4 is 38.6 Å². The number of amides is 1. The second kappa shape index (κ2) is 8.48. The highest BCUT2D eigenvalue weighted by Gasteiger charge is 2.35. The molecule has 3 aromatic rings. The van der Waals surface area contributed by atoms with E-state index in [9.17, 15) is 13.2 Å². The molecule has 0 saturated carbocycles. The molecule has 0 unspecified atom stereocenters. The van der Waals surface area contributed by atoms with Crippen molar-refractivity contribution in [1.82, 2.24) is 0 Å². The molecule has 1 N–H and O–H groups in total. The van der Waals surface area contributed by atoms with Crippen LogP contribution in [0.5, 0.6) is 17.2 Å². The summed E-state index contributed by atoms with van der Waals surface area (Å²) >= 11 is 1.08. The van der Waals surface area contributed by atoms with Gasteiger partial charge in [0.15, 0.2) is 11.5 Å². The molecule has 4 rings (SSSR count). The van der Waals surface area contributed by atoms with Crippen LogP contribution in [0.3, 0.4) is 0 Å². The lowest BCUT2D eigenvalue weighted by Crippen LogP contribution is -2.45. The predicted molar refractivity (Wildman–Crippen MR) is 118 cm³/mol. The van der Waals surface area contributed by atoms with Crippen molar-refractivity contribution in [1.29, 1.82) is 0 Å². The van der Waals surface area contributed by atoms with Crippen LogP contribution < -0.4 is 23.8 Å². The molecule has 1 amide bonds. The van der Waals surface area contributed by atoms with E-state index in [1.807, 2.05) is 0 Å². The average Bonchev–Trinajstić information content (AvgIpc) is 3.46. The molecule has 1 aliphatic rings. The highest BCUT2D eigenvalue weighted by molar-refractivity contribution is 7.94. The first-order valence-corrected chi connectivity index (χ1v) is 11.7. The number of fused-ring (bicyclic) bond motifs is 1. The summed E-state index contributed by atoms with van der Waals surface area (Å²) in [6.45, 7) is 1.64. The third-order valence-corrected chi connectivity index (χ3v) is 7.96. The minimum atomic E-state index is -4.02. The third-order valence-electron chi connectivity index (χ3n) is 4.70. The van der Waals surface area contributed by atoms with E-state index in [0.717, 1.165) is 15.6 Å². The predicted octanol–water partition coefficient (Wildman–Crippen LogP) is 3.71. The molecule has 0 bridgehead atoms. The van der Waals surface area contributed by atoms with Crippen molar-refractivity contribution in [3.05, 3.63) is 60.0 Å². The number of methoxy groups -OCH3 is 1. The SMILES string of the molecule is COc1ccccc1N([C@@H](C)C(=O)Nc1ccc2c(c1)OCO2)S(=O)(=O)c1cccs1. The van der Waals surface area contributed by atoms with E-state index in [4.69, 9.17) is 14.2 Å². The fraction of sp³-hybridized carbons (Fsp3) is 0.190. The van der Waals surface area contributed by atoms with E-state index in [0.29, 0.717) is 22.9 Å². The lowest BCUT2D eigenvalue weighted by Gasteiger charge is -2.30.